The first-order valence-electron chi connectivity index (χ1n) is 6.11. The van der Waals surface area contributed by atoms with Gasteiger partial charge in [0.15, 0.2) is 0 Å². The number of aromatic amines is 1. The van der Waals surface area contributed by atoms with Crippen LogP contribution in [0.1, 0.15) is 22.7 Å². The van der Waals surface area contributed by atoms with Crippen LogP contribution in [0.15, 0.2) is 29.7 Å². The molecule has 1 aromatic carbocycles. The van der Waals surface area contributed by atoms with Gasteiger partial charge in [0.2, 0.25) is 11.8 Å². The number of ether oxygens (including phenoxy) is 1. The van der Waals surface area contributed by atoms with E-state index in [2.05, 4.69) is 10.2 Å². The van der Waals surface area contributed by atoms with Crippen molar-refractivity contribution in [1.82, 2.24) is 10.2 Å². The van der Waals surface area contributed by atoms with Crippen LogP contribution in [0.2, 0.25) is 5.02 Å². The van der Waals surface area contributed by atoms with Gasteiger partial charge in [-0.05, 0) is 19.1 Å². The molecule has 0 bridgehead atoms. The number of aryl methyl sites for hydroxylation is 1. The van der Waals surface area contributed by atoms with Crippen LogP contribution in [0.3, 0.4) is 0 Å². The molecule has 0 fully saturated rings. The molecule has 2 aromatic rings. The third kappa shape index (κ3) is 1.94. The minimum Gasteiger partial charge on any atom is -0.420 e. The fourth-order valence-electron chi connectivity index (χ4n) is 2.47. The van der Waals surface area contributed by atoms with Gasteiger partial charge >= 0.3 is 0 Å². The van der Waals surface area contributed by atoms with E-state index in [4.69, 9.17) is 22.1 Å². The van der Waals surface area contributed by atoms with Gasteiger partial charge in [-0.2, -0.15) is 5.26 Å². The van der Waals surface area contributed by atoms with E-state index in [1.54, 1.807) is 13.0 Å². The molecule has 0 saturated carbocycles. The van der Waals surface area contributed by atoms with Crippen LogP contribution >= 0.6 is 11.6 Å². The van der Waals surface area contributed by atoms with Crippen molar-refractivity contribution in [2.75, 3.05) is 0 Å². The summed E-state index contributed by atoms with van der Waals surface area (Å²) < 4.78 is 19.6. The van der Waals surface area contributed by atoms with E-state index in [0.29, 0.717) is 11.3 Å². The highest BCUT2D eigenvalue weighted by Crippen LogP contribution is 2.45. The molecule has 3 N–H and O–H groups in total. The highest BCUT2D eigenvalue weighted by Gasteiger charge is 2.36. The molecule has 0 amide bonds. The zero-order valence-corrected chi connectivity index (χ0v) is 11.7. The van der Waals surface area contributed by atoms with Crippen molar-refractivity contribution < 1.29 is 9.13 Å². The number of nitrogens with two attached hydrogens (primary N) is 1. The Kier molecular flexibility index (Phi) is 3.07. The van der Waals surface area contributed by atoms with Gasteiger partial charge in [0, 0.05) is 21.8 Å². The molecule has 0 radical (unpaired) electrons. The topological polar surface area (TPSA) is 87.7 Å². The van der Waals surface area contributed by atoms with E-state index in [1.165, 1.54) is 12.1 Å². The quantitative estimate of drug-likeness (QED) is 0.848. The molecule has 2 heterocycles. The predicted octanol–water partition coefficient (Wildman–Crippen LogP) is 2.73. The van der Waals surface area contributed by atoms with Gasteiger partial charge in [-0.3, -0.25) is 5.10 Å². The Morgan fingerprint density at radius 3 is 2.90 bits per heavy atom. The Hall–Kier alpha value is -2.52. The molecule has 5 nitrogen and oxygen atoms in total. The van der Waals surface area contributed by atoms with Gasteiger partial charge in [0.05, 0.1) is 5.92 Å². The van der Waals surface area contributed by atoms with Crippen molar-refractivity contribution in [2.45, 2.75) is 12.8 Å². The molecular formula is C14H10ClFN4O. The smallest absolute Gasteiger partial charge is 0.244 e. The number of halogens is 2. The first-order valence-corrected chi connectivity index (χ1v) is 6.48. The number of hydrogen-bond acceptors (Lipinski definition) is 4. The maximum Gasteiger partial charge on any atom is 0.244 e. The number of allylic oxidation sites excluding steroid dienone is 1. The Labute approximate surface area is 124 Å². The van der Waals surface area contributed by atoms with Crippen LogP contribution in [0, 0.1) is 24.1 Å². The average Bonchev–Trinajstić information content (AvgIpc) is 2.79. The fraction of sp³-hybridized carbons (Fsp3) is 0.143. The number of aromatic nitrogens is 2. The average molecular weight is 305 g/mol. The molecule has 1 aliphatic rings. The zero-order valence-electron chi connectivity index (χ0n) is 10.9. The number of nitriles is 1. The van der Waals surface area contributed by atoms with E-state index >= 15 is 0 Å². The summed E-state index contributed by atoms with van der Waals surface area (Å²) >= 11 is 6.13. The lowest BCUT2D eigenvalue weighted by molar-refractivity contribution is 0.378. The van der Waals surface area contributed by atoms with E-state index in [1.807, 2.05) is 6.07 Å². The maximum atomic E-state index is 14.3. The highest BCUT2D eigenvalue weighted by atomic mass is 35.5. The van der Waals surface area contributed by atoms with Crippen LogP contribution in [-0.2, 0) is 0 Å². The maximum absolute atomic E-state index is 14.3. The Balaban J connectivity index is 2.33. The highest BCUT2D eigenvalue weighted by molar-refractivity contribution is 6.31. The second-order valence-electron chi connectivity index (χ2n) is 4.63. The van der Waals surface area contributed by atoms with Crippen LogP contribution in [0.25, 0.3) is 0 Å². The third-order valence-electron chi connectivity index (χ3n) is 3.42. The third-order valence-corrected chi connectivity index (χ3v) is 3.75. The van der Waals surface area contributed by atoms with E-state index in [-0.39, 0.29) is 27.9 Å². The molecule has 21 heavy (non-hydrogen) atoms. The molecule has 1 unspecified atom stereocenters. The standard InChI is InChI=1S/C14H10ClFN4O/c1-6-10-11(12-8(15)3-2-4-9(12)16)7(5-17)13(18)21-14(10)20-19-6/h2-4,11H,18H2,1H3,(H,19,20). The fourth-order valence-corrected chi connectivity index (χ4v) is 2.75. The number of nitrogens with one attached hydrogen (secondary N) is 1. The number of hydrogen-bond donors (Lipinski definition) is 2. The van der Waals surface area contributed by atoms with Gasteiger partial charge in [-0.25, -0.2) is 4.39 Å². The van der Waals surface area contributed by atoms with E-state index in [0.717, 1.165) is 0 Å². The van der Waals surface area contributed by atoms with Crippen molar-refractivity contribution in [2.24, 2.45) is 5.73 Å². The number of benzene rings is 1. The number of fused-ring (bicyclic) bond motifs is 1. The Bertz CT molecular complexity index is 786. The molecule has 0 spiro atoms. The Morgan fingerprint density at radius 1 is 1.48 bits per heavy atom. The van der Waals surface area contributed by atoms with Gasteiger partial charge in [0.25, 0.3) is 0 Å². The number of rotatable bonds is 1. The van der Waals surface area contributed by atoms with Crippen molar-refractivity contribution in [1.29, 1.82) is 5.26 Å². The normalized spacial score (nSPS) is 17.1. The van der Waals surface area contributed by atoms with Crippen molar-refractivity contribution in [3.63, 3.8) is 0 Å². The van der Waals surface area contributed by atoms with Crippen LogP contribution in [0.4, 0.5) is 4.39 Å². The van der Waals surface area contributed by atoms with E-state index in [9.17, 15) is 9.65 Å². The second-order valence-corrected chi connectivity index (χ2v) is 5.03. The minimum atomic E-state index is -0.744. The molecule has 106 valence electrons. The number of H-pyrrole nitrogens is 1. The first kappa shape index (κ1) is 13.5. The molecule has 1 aliphatic heterocycles. The summed E-state index contributed by atoms with van der Waals surface area (Å²) in [5.74, 6) is -1.12. The van der Waals surface area contributed by atoms with Gasteiger partial charge in [0.1, 0.15) is 17.5 Å². The summed E-state index contributed by atoms with van der Waals surface area (Å²) in [5, 5.41) is 16.3. The summed E-state index contributed by atoms with van der Waals surface area (Å²) in [6.07, 6.45) is 0. The lowest BCUT2D eigenvalue weighted by atomic mass is 9.84. The predicted molar refractivity (Wildman–Crippen MR) is 74.0 cm³/mol. The van der Waals surface area contributed by atoms with Crippen molar-refractivity contribution in [3.8, 4) is 11.9 Å². The first-order chi connectivity index (χ1) is 10.0. The Morgan fingerprint density at radius 2 is 2.24 bits per heavy atom. The summed E-state index contributed by atoms with van der Waals surface area (Å²) in [7, 11) is 0. The summed E-state index contributed by atoms with van der Waals surface area (Å²) in [5.41, 5.74) is 7.28. The SMILES string of the molecule is Cc1[nH]nc2c1C(c1c(F)cccc1Cl)C(C#N)=C(N)O2. The van der Waals surface area contributed by atoms with Gasteiger partial charge in [-0.1, -0.05) is 17.7 Å². The molecule has 0 saturated heterocycles. The molecule has 7 heteroatoms. The monoisotopic (exact) mass is 304 g/mol. The van der Waals surface area contributed by atoms with Crippen LogP contribution in [-0.4, -0.2) is 10.2 Å². The van der Waals surface area contributed by atoms with Gasteiger partial charge in [-0.15, -0.1) is 5.10 Å². The summed E-state index contributed by atoms with van der Waals surface area (Å²) in [6, 6.07) is 6.33. The lowest BCUT2D eigenvalue weighted by Crippen LogP contribution is -2.21. The molecular weight excluding hydrogens is 295 g/mol. The minimum absolute atomic E-state index is 0.0965. The van der Waals surface area contributed by atoms with Crippen LogP contribution in [0.5, 0.6) is 5.88 Å². The molecule has 1 atom stereocenters. The summed E-state index contributed by atoms with van der Waals surface area (Å²) in [6.45, 7) is 1.76. The zero-order chi connectivity index (χ0) is 15.1. The van der Waals surface area contributed by atoms with Gasteiger partial charge < -0.3 is 10.5 Å². The van der Waals surface area contributed by atoms with Crippen molar-refractivity contribution in [3.05, 3.63) is 57.3 Å². The molecule has 3 rings (SSSR count). The van der Waals surface area contributed by atoms with Crippen LogP contribution < -0.4 is 10.5 Å². The second kappa shape index (κ2) is 4.79. The van der Waals surface area contributed by atoms with E-state index < -0.39 is 11.7 Å². The molecule has 0 aliphatic carbocycles. The lowest BCUT2D eigenvalue weighted by Gasteiger charge is -2.24. The van der Waals surface area contributed by atoms with Crippen molar-refractivity contribution >= 4 is 11.6 Å². The summed E-state index contributed by atoms with van der Waals surface area (Å²) in [4.78, 5) is 0. The molecule has 1 aromatic heterocycles. The largest absolute Gasteiger partial charge is 0.420 e. The number of nitrogens with zero attached hydrogens (tertiary/aromatic N) is 2.